The Bertz CT molecular complexity index is 1230. The summed E-state index contributed by atoms with van der Waals surface area (Å²) in [5.41, 5.74) is 8.01. The van der Waals surface area contributed by atoms with Crippen molar-refractivity contribution in [2.75, 3.05) is 0 Å². The van der Waals surface area contributed by atoms with E-state index < -0.39 is 0 Å². The molecular weight excluding hydrogens is 374 g/mol. The molecular formula is C30H27N. The Hall–Kier alpha value is -3.71. The molecule has 1 nitrogen and oxygen atoms in total. The van der Waals surface area contributed by atoms with Crippen LogP contribution in [0.4, 0.5) is 0 Å². The first-order valence-corrected chi connectivity index (χ1v) is 10.8. The minimum absolute atomic E-state index is 0.967. The van der Waals surface area contributed by atoms with E-state index in [0.717, 1.165) is 35.0 Å². The Morgan fingerprint density at radius 1 is 0.806 bits per heavy atom. The highest BCUT2D eigenvalue weighted by molar-refractivity contribution is 5.80. The van der Waals surface area contributed by atoms with Gasteiger partial charge in [0.25, 0.3) is 0 Å². The molecule has 1 aliphatic rings. The summed E-state index contributed by atoms with van der Waals surface area (Å²) in [6, 6.07) is 20.9. The Kier molecular flexibility index (Phi) is 6.54. The van der Waals surface area contributed by atoms with Crippen LogP contribution in [-0.4, -0.2) is 4.98 Å². The third-order valence-corrected chi connectivity index (χ3v) is 5.47. The molecule has 0 spiro atoms. The molecule has 0 aliphatic heterocycles. The molecule has 2 aromatic carbocycles. The zero-order valence-electron chi connectivity index (χ0n) is 18.0. The van der Waals surface area contributed by atoms with Crippen molar-refractivity contribution in [1.82, 2.24) is 4.98 Å². The van der Waals surface area contributed by atoms with Crippen LogP contribution >= 0.6 is 0 Å². The van der Waals surface area contributed by atoms with E-state index in [1.54, 1.807) is 0 Å². The Balaban J connectivity index is 1.43. The topological polar surface area (TPSA) is 12.9 Å². The fourth-order valence-electron chi connectivity index (χ4n) is 3.62. The third-order valence-electron chi connectivity index (χ3n) is 5.47. The molecule has 4 rings (SSSR count). The number of allylic oxidation sites excluding steroid dienone is 8. The van der Waals surface area contributed by atoms with Gasteiger partial charge >= 0.3 is 0 Å². The second kappa shape index (κ2) is 9.86. The Labute approximate surface area is 185 Å². The van der Waals surface area contributed by atoms with E-state index in [4.69, 9.17) is 4.98 Å². The van der Waals surface area contributed by atoms with Crippen molar-refractivity contribution < 1.29 is 0 Å². The predicted molar refractivity (Wildman–Crippen MR) is 136 cm³/mol. The van der Waals surface area contributed by atoms with Gasteiger partial charge in [-0.05, 0) is 65.8 Å². The van der Waals surface area contributed by atoms with E-state index in [1.807, 2.05) is 18.2 Å². The van der Waals surface area contributed by atoms with E-state index in [2.05, 4.69) is 105 Å². The first-order valence-electron chi connectivity index (χ1n) is 10.8. The molecule has 1 aromatic heterocycles. The fraction of sp³-hybridized carbons (Fsp3) is 0.100. The second-order valence-electron chi connectivity index (χ2n) is 7.69. The normalized spacial score (nSPS) is 17.3. The van der Waals surface area contributed by atoms with Crippen molar-refractivity contribution in [2.24, 2.45) is 0 Å². The SMILES string of the molecule is C=C1CCC=C(/C=C/c2ccc(/C=C/c3ccc4ccccc4n3)cc2)/C=C\C1=C\C. The van der Waals surface area contributed by atoms with Crippen LogP contribution in [0.1, 0.15) is 36.6 Å². The highest BCUT2D eigenvalue weighted by Gasteiger charge is 2.01. The summed E-state index contributed by atoms with van der Waals surface area (Å²) in [6.07, 6.45) is 19.3. The number of rotatable bonds is 4. The fourth-order valence-corrected chi connectivity index (χ4v) is 3.62. The maximum atomic E-state index is 4.70. The third kappa shape index (κ3) is 5.46. The molecule has 152 valence electrons. The van der Waals surface area contributed by atoms with Gasteiger partial charge < -0.3 is 0 Å². The summed E-state index contributed by atoms with van der Waals surface area (Å²) in [6.45, 7) is 6.23. The van der Waals surface area contributed by atoms with E-state index in [-0.39, 0.29) is 0 Å². The van der Waals surface area contributed by atoms with Crippen LogP contribution in [0, 0.1) is 0 Å². The average molecular weight is 402 g/mol. The molecule has 0 unspecified atom stereocenters. The van der Waals surface area contributed by atoms with Gasteiger partial charge in [-0.1, -0.05) is 97.6 Å². The molecule has 31 heavy (non-hydrogen) atoms. The lowest BCUT2D eigenvalue weighted by molar-refractivity contribution is 0.989. The highest BCUT2D eigenvalue weighted by atomic mass is 14.7. The number of pyridine rings is 1. The molecule has 3 aromatic rings. The predicted octanol–water partition coefficient (Wildman–Crippen LogP) is 8.20. The second-order valence-corrected chi connectivity index (χ2v) is 7.69. The van der Waals surface area contributed by atoms with Crippen LogP contribution in [0.25, 0.3) is 29.1 Å². The molecule has 0 atom stereocenters. The largest absolute Gasteiger partial charge is 0.248 e. The van der Waals surface area contributed by atoms with E-state index >= 15 is 0 Å². The molecule has 0 saturated heterocycles. The average Bonchev–Trinajstić information content (AvgIpc) is 2.80. The number of fused-ring (bicyclic) bond motifs is 1. The summed E-state index contributed by atoms with van der Waals surface area (Å²) in [4.78, 5) is 4.70. The van der Waals surface area contributed by atoms with Gasteiger partial charge in [-0.3, -0.25) is 0 Å². The Morgan fingerprint density at radius 3 is 2.32 bits per heavy atom. The first-order chi connectivity index (χ1) is 15.2. The molecule has 1 aliphatic carbocycles. The molecule has 1 heterocycles. The lowest BCUT2D eigenvalue weighted by atomic mass is 9.97. The number of aromatic nitrogens is 1. The van der Waals surface area contributed by atoms with Crippen LogP contribution < -0.4 is 0 Å². The van der Waals surface area contributed by atoms with Crippen molar-refractivity contribution in [1.29, 1.82) is 0 Å². The van der Waals surface area contributed by atoms with Gasteiger partial charge in [-0.2, -0.15) is 0 Å². The number of hydrogen-bond donors (Lipinski definition) is 0. The van der Waals surface area contributed by atoms with Crippen molar-refractivity contribution in [3.63, 3.8) is 0 Å². The molecule has 0 amide bonds. The van der Waals surface area contributed by atoms with Gasteiger partial charge in [0.15, 0.2) is 0 Å². The van der Waals surface area contributed by atoms with Crippen LogP contribution in [0.2, 0.25) is 0 Å². The summed E-state index contributed by atoms with van der Waals surface area (Å²) in [5.74, 6) is 0. The zero-order chi connectivity index (χ0) is 21.5. The van der Waals surface area contributed by atoms with Gasteiger partial charge in [-0.25, -0.2) is 4.98 Å². The molecule has 0 saturated carbocycles. The lowest BCUT2D eigenvalue weighted by Crippen LogP contribution is -1.89. The van der Waals surface area contributed by atoms with Gasteiger partial charge in [0.05, 0.1) is 11.2 Å². The molecule has 0 radical (unpaired) electrons. The van der Waals surface area contributed by atoms with Crippen LogP contribution in [0.15, 0.2) is 114 Å². The molecule has 0 N–H and O–H groups in total. The van der Waals surface area contributed by atoms with Crippen molar-refractivity contribution in [3.8, 4) is 0 Å². The first kappa shape index (κ1) is 20.6. The lowest BCUT2D eigenvalue weighted by Gasteiger charge is -2.08. The van der Waals surface area contributed by atoms with Crippen molar-refractivity contribution >= 4 is 29.1 Å². The van der Waals surface area contributed by atoms with E-state index in [0.29, 0.717) is 0 Å². The van der Waals surface area contributed by atoms with Crippen molar-refractivity contribution in [2.45, 2.75) is 19.8 Å². The van der Waals surface area contributed by atoms with Gasteiger partial charge in [0, 0.05) is 5.39 Å². The van der Waals surface area contributed by atoms with Gasteiger partial charge in [0.2, 0.25) is 0 Å². The van der Waals surface area contributed by atoms with Gasteiger partial charge in [-0.15, -0.1) is 0 Å². The van der Waals surface area contributed by atoms with Gasteiger partial charge in [0.1, 0.15) is 0 Å². The summed E-state index contributed by atoms with van der Waals surface area (Å²) >= 11 is 0. The maximum Gasteiger partial charge on any atom is 0.0709 e. The smallest absolute Gasteiger partial charge is 0.0709 e. The highest BCUT2D eigenvalue weighted by Crippen LogP contribution is 2.21. The number of para-hydroxylation sites is 1. The minimum Gasteiger partial charge on any atom is -0.248 e. The Morgan fingerprint density at radius 2 is 1.55 bits per heavy atom. The molecule has 0 fully saturated rings. The molecule has 0 bridgehead atoms. The number of nitrogens with zero attached hydrogens (tertiary/aromatic N) is 1. The number of benzene rings is 2. The zero-order valence-corrected chi connectivity index (χ0v) is 18.0. The van der Waals surface area contributed by atoms with Crippen molar-refractivity contribution in [3.05, 3.63) is 131 Å². The van der Waals surface area contributed by atoms with Crippen LogP contribution in [0.5, 0.6) is 0 Å². The quantitative estimate of drug-likeness (QED) is 0.429. The summed E-state index contributed by atoms with van der Waals surface area (Å²) in [7, 11) is 0. The van der Waals surface area contributed by atoms with Crippen LogP contribution in [-0.2, 0) is 0 Å². The van der Waals surface area contributed by atoms with Crippen LogP contribution in [0.3, 0.4) is 0 Å². The summed E-state index contributed by atoms with van der Waals surface area (Å²) in [5, 5.41) is 1.16. The van der Waals surface area contributed by atoms with E-state index in [1.165, 1.54) is 22.3 Å². The molecule has 1 heteroatoms. The summed E-state index contributed by atoms with van der Waals surface area (Å²) < 4.78 is 0. The standard InChI is InChI=1S/C30H27N/c1-3-27-19-17-24(8-6-7-23(27)2)11-12-25-13-15-26(16-14-25)18-21-29-22-20-28-9-4-5-10-30(28)31-29/h3-5,8-22H,2,6-7H2,1H3/b12-11+,19-17-,21-18+,24-8?,27-3-. The monoisotopic (exact) mass is 401 g/mol. The maximum absolute atomic E-state index is 4.70. The minimum atomic E-state index is 0.967. The number of hydrogen-bond acceptors (Lipinski definition) is 1. The van der Waals surface area contributed by atoms with E-state index in [9.17, 15) is 0 Å².